The van der Waals surface area contributed by atoms with Crippen LogP contribution >= 0.6 is 0 Å². The maximum atomic E-state index is 12.6. The molecule has 1 aliphatic heterocycles. The van der Waals surface area contributed by atoms with E-state index < -0.39 is 17.7 Å². The van der Waals surface area contributed by atoms with E-state index in [9.17, 15) is 18.0 Å². The summed E-state index contributed by atoms with van der Waals surface area (Å²) in [4.78, 5) is 11.8. The molecule has 0 bridgehead atoms. The molecule has 3 nitrogen and oxygen atoms in total. The fourth-order valence-electron chi connectivity index (χ4n) is 2.59. The number of benzene rings is 1. The predicted octanol–water partition coefficient (Wildman–Crippen LogP) is 3.15. The van der Waals surface area contributed by atoms with Crippen molar-refractivity contribution in [3.8, 4) is 0 Å². The van der Waals surface area contributed by atoms with Crippen LogP contribution in [0.15, 0.2) is 24.3 Å². The van der Waals surface area contributed by atoms with Crippen LogP contribution in [-0.2, 0) is 15.7 Å². The molecular weight excluding hydrogens is 295 g/mol. The molecular formula is C16H20F3NO2. The first-order chi connectivity index (χ1) is 10.4. The van der Waals surface area contributed by atoms with Crippen LogP contribution in [0.25, 0.3) is 0 Å². The zero-order valence-electron chi connectivity index (χ0n) is 12.5. The molecule has 1 fully saturated rings. The summed E-state index contributed by atoms with van der Waals surface area (Å²) in [5.41, 5.74) is -0.0870. The van der Waals surface area contributed by atoms with Crippen molar-refractivity contribution < 1.29 is 22.7 Å². The first-order valence-corrected chi connectivity index (χ1v) is 7.36. The molecule has 22 heavy (non-hydrogen) atoms. The molecule has 1 aromatic rings. The van der Waals surface area contributed by atoms with E-state index >= 15 is 0 Å². The van der Waals surface area contributed by atoms with Crippen LogP contribution in [0.1, 0.15) is 36.8 Å². The van der Waals surface area contributed by atoms with Gasteiger partial charge in [-0.3, -0.25) is 4.79 Å². The topological polar surface area (TPSA) is 38.3 Å². The molecule has 122 valence electrons. The standard InChI is InChI=1S/C16H20F3NO2/c1-11(21)15(10-20-14-6-8-22-9-7-14)12-2-4-13(5-3-12)16(17,18)19/h2-5,14-15,20H,6-10H2,1H3/t15-/m0/s1. The second kappa shape index (κ2) is 7.24. The van der Waals surface area contributed by atoms with Gasteiger partial charge in [0.15, 0.2) is 0 Å². The van der Waals surface area contributed by atoms with Crippen molar-refractivity contribution in [3.05, 3.63) is 35.4 Å². The summed E-state index contributed by atoms with van der Waals surface area (Å²) < 4.78 is 43.0. The Morgan fingerprint density at radius 1 is 1.27 bits per heavy atom. The number of halogens is 3. The van der Waals surface area contributed by atoms with Crippen molar-refractivity contribution in [2.45, 2.75) is 37.9 Å². The normalized spacial score (nSPS) is 18.2. The zero-order chi connectivity index (χ0) is 16.2. The van der Waals surface area contributed by atoms with E-state index in [0.717, 1.165) is 25.0 Å². The van der Waals surface area contributed by atoms with Crippen LogP contribution in [0, 0.1) is 0 Å². The largest absolute Gasteiger partial charge is 0.416 e. The number of carbonyl (C=O) groups is 1. The Morgan fingerprint density at radius 2 is 1.86 bits per heavy atom. The van der Waals surface area contributed by atoms with Gasteiger partial charge < -0.3 is 10.1 Å². The summed E-state index contributed by atoms with van der Waals surface area (Å²) in [5.74, 6) is -0.482. The molecule has 1 heterocycles. The number of alkyl halides is 3. The lowest BCUT2D eigenvalue weighted by atomic mass is 9.93. The Labute approximate surface area is 127 Å². The van der Waals surface area contributed by atoms with Gasteiger partial charge in [0.1, 0.15) is 5.78 Å². The quantitative estimate of drug-likeness (QED) is 0.907. The smallest absolute Gasteiger partial charge is 0.381 e. The second-order valence-corrected chi connectivity index (χ2v) is 5.58. The van der Waals surface area contributed by atoms with Crippen molar-refractivity contribution >= 4 is 5.78 Å². The van der Waals surface area contributed by atoms with Gasteiger partial charge in [-0.05, 0) is 37.5 Å². The molecule has 0 radical (unpaired) electrons. The monoisotopic (exact) mass is 315 g/mol. The number of rotatable bonds is 5. The number of hydrogen-bond acceptors (Lipinski definition) is 3. The number of Topliss-reactive ketones (excluding diaryl/α,β-unsaturated/α-hetero) is 1. The van der Waals surface area contributed by atoms with Crippen molar-refractivity contribution in [2.24, 2.45) is 0 Å². The minimum absolute atomic E-state index is 0.0562. The Morgan fingerprint density at radius 3 is 2.36 bits per heavy atom. The van der Waals surface area contributed by atoms with Crippen LogP contribution in [-0.4, -0.2) is 31.6 Å². The first kappa shape index (κ1) is 17.0. The minimum atomic E-state index is -4.36. The van der Waals surface area contributed by atoms with Crippen molar-refractivity contribution in [3.63, 3.8) is 0 Å². The highest BCUT2D eigenvalue weighted by Gasteiger charge is 2.30. The highest BCUT2D eigenvalue weighted by atomic mass is 19.4. The summed E-state index contributed by atoms with van der Waals surface area (Å²) in [6.07, 6.45) is -2.58. The van der Waals surface area contributed by atoms with Gasteiger partial charge in [-0.2, -0.15) is 13.2 Å². The summed E-state index contributed by atoms with van der Waals surface area (Å²) in [6.45, 7) is 3.30. The van der Waals surface area contributed by atoms with Gasteiger partial charge in [0.25, 0.3) is 0 Å². The van der Waals surface area contributed by atoms with Crippen LogP contribution in [0.5, 0.6) is 0 Å². The van der Waals surface area contributed by atoms with E-state index in [4.69, 9.17) is 4.74 Å². The maximum absolute atomic E-state index is 12.6. The van der Waals surface area contributed by atoms with E-state index in [-0.39, 0.29) is 5.78 Å². The minimum Gasteiger partial charge on any atom is -0.381 e. The molecule has 1 aromatic carbocycles. The fraction of sp³-hybridized carbons (Fsp3) is 0.562. The second-order valence-electron chi connectivity index (χ2n) is 5.58. The van der Waals surface area contributed by atoms with Crippen LogP contribution < -0.4 is 5.32 Å². The van der Waals surface area contributed by atoms with Gasteiger partial charge in [-0.25, -0.2) is 0 Å². The van der Waals surface area contributed by atoms with Gasteiger partial charge in [0, 0.05) is 25.8 Å². The summed E-state index contributed by atoms with van der Waals surface area (Å²) in [5, 5.41) is 3.32. The molecule has 1 aliphatic rings. The molecule has 0 aromatic heterocycles. The Balaban J connectivity index is 2.02. The molecule has 1 atom stereocenters. The maximum Gasteiger partial charge on any atom is 0.416 e. The molecule has 0 amide bonds. The van der Waals surface area contributed by atoms with E-state index in [1.807, 2.05) is 0 Å². The average molecular weight is 315 g/mol. The summed E-state index contributed by atoms with van der Waals surface area (Å²) >= 11 is 0. The highest BCUT2D eigenvalue weighted by Crippen LogP contribution is 2.30. The van der Waals surface area contributed by atoms with Gasteiger partial charge >= 0.3 is 6.18 Å². The Kier molecular flexibility index (Phi) is 5.58. The fourth-order valence-corrected chi connectivity index (χ4v) is 2.59. The van der Waals surface area contributed by atoms with Crippen molar-refractivity contribution in [2.75, 3.05) is 19.8 Å². The third-order valence-electron chi connectivity index (χ3n) is 3.96. The lowest BCUT2D eigenvalue weighted by molar-refractivity contribution is -0.137. The third kappa shape index (κ3) is 4.55. The average Bonchev–Trinajstić information content (AvgIpc) is 2.48. The molecule has 0 aliphatic carbocycles. The molecule has 0 unspecified atom stereocenters. The number of ether oxygens (including phenoxy) is 1. The number of nitrogens with one attached hydrogen (secondary N) is 1. The molecule has 0 saturated carbocycles. The van der Waals surface area contributed by atoms with E-state index in [1.165, 1.54) is 19.1 Å². The Bertz CT molecular complexity index is 493. The Hall–Kier alpha value is -1.40. The highest BCUT2D eigenvalue weighted by molar-refractivity contribution is 5.83. The van der Waals surface area contributed by atoms with Crippen LogP contribution in [0.4, 0.5) is 13.2 Å². The third-order valence-corrected chi connectivity index (χ3v) is 3.96. The molecule has 0 spiro atoms. The lowest BCUT2D eigenvalue weighted by Crippen LogP contribution is -2.38. The number of ketones is 1. The van der Waals surface area contributed by atoms with Gasteiger partial charge in [-0.1, -0.05) is 12.1 Å². The molecule has 1 saturated heterocycles. The van der Waals surface area contributed by atoms with Crippen molar-refractivity contribution in [1.82, 2.24) is 5.32 Å². The number of carbonyl (C=O) groups excluding carboxylic acids is 1. The van der Waals surface area contributed by atoms with E-state index in [0.29, 0.717) is 31.4 Å². The predicted molar refractivity (Wildman–Crippen MR) is 76.7 cm³/mol. The SMILES string of the molecule is CC(=O)[C@H](CNC1CCOCC1)c1ccc(C(F)(F)F)cc1. The molecule has 6 heteroatoms. The first-order valence-electron chi connectivity index (χ1n) is 7.36. The van der Waals surface area contributed by atoms with Crippen LogP contribution in [0.3, 0.4) is 0 Å². The zero-order valence-corrected chi connectivity index (χ0v) is 12.5. The van der Waals surface area contributed by atoms with Crippen molar-refractivity contribution in [1.29, 1.82) is 0 Å². The van der Waals surface area contributed by atoms with E-state index in [2.05, 4.69) is 5.32 Å². The van der Waals surface area contributed by atoms with Gasteiger partial charge in [0.05, 0.1) is 11.5 Å². The van der Waals surface area contributed by atoms with Gasteiger partial charge in [-0.15, -0.1) is 0 Å². The van der Waals surface area contributed by atoms with Gasteiger partial charge in [0.2, 0.25) is 0 Å². The summed E-state index contributed by atoms with van der Waals surface area (Å²) in [6, 6.07) is 5.13. The molecule has 1 N–H and O–H groups in total. The number of hydrogen-bond donors (Lipinski definition) is 1. The van der Waals surface area contributed by atoms with Crippen LogP contribution in [0.2, 0.25) is 0 Å². The van der Waals surface area contributed by atoms with E-state index in [1.54, 1.807) is 0 Å². The molecule has 2 rings (SSSR count). The lowest BCUT2D eigenvalue weighted by Gasteiger charge is -2.25. The summed E-state index contributed by atoms with van der Waals surface area (Å²) in [7, 11) is 0.